The van der Waals surface area contributed by atoms with Gasteiger partial charge in [0.2, 0.25) is 11.8 Å². The molecular formula is C25H42N7O21P3S. The smallest absolute Gasteiger partial charge is 0.386 e. The first kappa shape index (κ1) is 48.8. The van der Waals surface area contributed by atoms with Crippen LogP contribution in [0.3, 0.4) is 0 Å². The zero-order valence-electron chi connectivity index (χ0n) is 30.2. The van der Waals surface area contributed by atoms with Crippen LogP contribution in [0, 0.1) is 11.3 Å². The molecule has 0 saturated carbocycles. The molecule has 324 valence electrons. The van der Waals surface area contributed by atoms with Gasteiger partial charge in [0.25, 0.3) is 0 Å². The minimum atomic E-state index is -5.88. The number of aromatic nitrogens is 4. The highest BCUT2D eigenvalue weighted by Crippen LogP contribution is 2.54. The first-order chi connectivity index (χ1) is 26.2. The summed E-state index contributed by atoms with van der Waals surface area (Å²) in [7, 11) is -16.9. The number of hydrogen-bond donors (Lipinski definition) is 11. The number of amides is 2. The van der Waals surface area contributed by atoms with Crippen molar-refractivity contribution in [3.8, 4) is 0 Å². The minimum absolute atomic E-state index is 0.00921. The van der Waals surface area contributed by atoms with Gasteiger partial charge in [-0.15, -0.1) is 14.0 Å². The molecule has 7 atom stereocenters. The Labute approximate surface area is 325 Å². The van der Waals surface area contributed by atoms with E-state index in [2.05, 4.69) is 53.5 Å². The van der Waals surface area contributed by atoms with E-state index >= 15 is 0 Å². The fraction of sp³-hybridized carbons (Fsp3) is 0.680. The van der Waals surface area contributed by atoms with Crippen LogP contribution in [0.15, 0.2) is 12.7 Å². The molecule has 2 aromatic rings. The van der Waals surface area contributed by atoms with Gasteiger partial charge in [0.05, 0.1) is 18.3 Å². The van der Waals surface area contributed by atoms with E-state index in [9.17, 15) is 68.1 Å². The van der Waals surface area contributed by atoms with Gasteiger partial charge in [-0.05, 0) is 13.8 Å². The molecule has 0 aromatic carbocycles. The van der Waals surface area contributed by atoms with Crippen molar-refractivity contribution in [3.63, 3.8) is 0 Å². The molecule has 1 fully saturated rings. The summed E-state index contributed by atoms with van der Waals surface area (Å²) in [5.74, 6) is -5.52. The van der Waals surface area contributed by atoms with Crippen molar-refractivity contribution in [2.24, 2.45) is 11.3 Å². The Balaban J connectivity index is 1.52. The molecule has 1 saturated heterocycles. The number of ether oxygens (including phenoxy) is 1. The summed E-state index contributed by atoms with van der Waals surface area (Å²) in [6.45, 7) is 3.73. The predicted molar refractivity (Wildman–Crippen MR) is 186 cm³/mol. The zero-order valence-corrected chi connectivity index (χ0v) is 33.7. The Bertz CT molecular complexity index is 1880. The van der Waals surface area contributed by atoms with E-state index < -0.39 is 83.9 Å². The van der Waals surface area contributed by atoms with Gasteiger partial charge in [-0.2, -0.15) is 4.89 Å². The second kappa shape index (κ2) is 19.6. The first-order valence-corrected chi connectivity index (χ1v) is 21.6. The van der Waals surface area contributed by atoms with Crippen molar-refractivity contribution in [3.05, 3.63) is 12.7 Å². The number of phosphoric acid groups is 3. The normalized spacial score (nSPS) is 21.9. The number of rotatable bonds is 22. The highest BCUT2D eigenvalue weighted by atomic mass is 32.2. The fourth-order valence-electron chi connectivity index (χ4n) is 4.42. The van der Waals surface area contributed by atoms with Crippen LogP contribution in [0.25, 0.3) is 11.2 Å². The number of aliphatic hydroxyl groups excluding tert-OH is 2. The molecule has 0 spiro atoms. The third kappa shape index (κ3) is 13.7. The molecule has 12 N–H and O–H groups in total. The average molecular weight is 902 g/mol. The van der Waals surface area contributed by atoms with E-state index in [0.29, 0.717) is 5.75 Å². The molecule has 32 heteroatoms. The van der Waals surface area contributed by atoms with Crippen LogP contribution in [0.5, 0.6) is 0 Å². The van der Waals surface area contributed by atoms with Gasteiger partial charge in [-0.25, -0.2) is 28.6 Å². The van der Waals surface area contributed by atoms with Gasteiger partial charge in [-0.3, -0.25) is 32.9 Å². The lowest BCUT2D eigenvalue weighted by molar-refractivity contribution is -0.496. The molecule has 3 rings (SSSR count). The number of hydrogen-bond acceptors (Lipinski definition) is 22. The molecular weight excluding hydrogens is 859 g/mol. The predicted octanol–water partition coefficient (Wildman–Crippen LogP) is -2.18. The third-order valence-corrected chi connectivity index (χ3v) is 10.7. The number of nitrogen functional groups attached to an aromatic ring is 1. The quantitative estimate of drug-likeness (QED) is 0.0197. The van der Waals surface area contributed by atoms with Crippen LogP contribution in [0.2, 0.25) is 0 Å². The maximum atomic E-state index is 12.5. The Morgan fingerprint density at radius 2 is 1.67 bits per heavy atom. The van der Waals surface area contributed by atoms with Crippen molar-refractivity contribution in [2.75, 3.05) is 31.2 Å². The van der Waals surface area contributed by atoms with E-state index in [1.165, 1.54) is 0 Å². The summed E-state index contributed by atoms with van der Waals surface area (Å²) in [5.41, 5.74) is 3.29. The van der Waals surface area contributed by atoms with Crippen LogP contribution < -0.4 is 16.4 Å². The number of nitrogens with two attached hydrogens (primary N) is 1. The van der Waals surface area contributed by atoms with Gasteiger partial charge in [0.1, 0.15) is 36.3 Å². The second-order valence-corrected chi connectivity index (χ2v) is 17.6. The number of phosphoric ester groups is 2. The highest BCUT2D eigenvalue weighted by Gasteiger charge is 2.54. The van der Waals surface area contributed by atoms with Crippen LogP contribution in [-0.2, 0) is 60.8 Å². The molecule has 3 heterocycles. The summed E-state index contributed by atoms with van der Waals surface area (Å²) in [4.78, 5) is 90.4. The van der Waals surface area contributed by atoms with Gasteiger partial charge in [0.15, 0.2) is 22.8 Å². The number of thioether (sulfide) groups is 1. The van der Waals surface area contributed by atoms with E-state index in [4.69, 9.17) is 10.5 Å². The van der Waals surface area contributed by atoms with Crippen molar-refractivity contribution >= 4 is 69.1 Å². The highest BCUT2D eigenvalue weighted by molar-refractivity contribution is 8.13. The van der Waals surface area contributed by atoms with Gasteiger partial charge in [-0.1, -0.05) is 25.6 Å². The lowest BCUT2D eigenvalue weighted by atomic mass is 9.83. The third-order valence-electron chi connectivity index (χ3n) is 7.66. The molecule has 0 aliphatic carbocycles. The molecule has 28 nitrogen and oxygen atoms in total. The van der Waals surface area contributed by atoms with Gasteiger partial charge in [0, 0.05) is 31.2 Å². The van der Waals surface area contributed by atoms with Gasteiger partial charge >= 0.3 is 29.4 Å². The van der Waals surface area contributed by atoms with Crippen molar-refractivity contribution in [2.45, 2.75) is 70.7 Å². The maximum absolute atomic E-state index is 12.5. The molecule has 0 radical (unpaired) electrons. The van der Waals surface area contributed by atoms with E-state index in [-0.39, 0.29) is 47.5 Å². The number of nitrogens with zero attached hydrogens (tertiary/aromatic N) is 4. The van der Waals surface area contributed by atoms with Crippen LogP contribution in [0.1, 0.15) is 40.3 Å². The lowest BCUT2D eigenvalue weighted by Gasteiger charge is -2.38. The summed E-state index contributed by atoms with van der Waals surface area (Å²) < 4.78 is 63.9. The van der Waals surface area contributed by atoms with Crippen LogP contribution in [0.4, 0.5) is 5.82 Å². The van der Waals surface area contributed by atoms with Crippen molar-refractivity contribution < 1.29 is 101 Å². The molecule has 57 heavy (non-hydrogen) atoms. The zero-order chi connectivity index (χ0) is 43.1. The Morgan fingerprint density at radius 1 is 1.02 bits per heavy atom. The molecule has 3 unspecified atom stereocenters. The number of nitrogens with one attached hydrogen (secondary N) is 2. The summed E-state index contributed by atoms with van der Waals surface area (Å²) in [6, 6.07) is 0. The second-order valence-electron chi connectivity index (χ2n) is 12.7. The number of imidazole rings is 1. The maximum Gasteiger partial charge on any atom is 0.527 e. The number of fused-ring (bicyclic) bond motifs is 1. The average Bonchev–Trinajstić information content (AvgIpc) is 3.67. The Morgan fingerprint density at radius 3 is 2.30 bits per heavy atom. The SMILES string of the molecule is CC(C)C(=O)SCCNC(=O)CCNC(=O)[C@@H](O)C(C)(C)C(O)(O)OOP(=O)(O)OOP(=O)(O)OC[C@H]1O[C@@H](n2cnc3c(N)ncnc32)[C@H](O)C1OP(=O)(O)O. The van der Waals surface area contributed by atoms with Crippen molar-refractivity contribution in [1.29, 1.82) is 0 Å². The molecule has 2 amide bonds. The standard InChI is InChI=1S/C25H42N7O21P3S/c1-12(2)23(37)57-8-7-27-14(33)5-6-28-21(36)18(35)24(3,4)25(38,39)50-51-56(45,46)53-52-55(43,44)47-9-13-17(49-54(40,41)42)16(34)22(48-13)32-11-31-15-19(26)29-10-30-20(15)32/h10-13,16-18,22,34-35,38-39H,5-9H2,1-4H3,(H,27,33)(H,28,36)(H,43,44)(H,45,46)(H2,26,29,30)(H2,40,41,42)/t13-,16-,17?,18-,22-/m1/s1. The number of aliphatic hydroxyl groups is 4. The van der Waals surface area contributed by atoms with E-state index in [1.54, 1.807) is 13.8 Å². The van der Waals surface area contributed by atoms with E-state index in [0.717, 1.165) is 42.8 Å². The molecule has 0 bridgehead atoms. The van der Waals surface area contributed by atoms with Crippen molar-refractivity contribution in [1.82, 2.24) is 30.2 Å². The largest absolute Gasteiger partial charge is 0.527 e. The van der Waals surface area contributed by atoms with Crippen LogP contribution in [-0.4, -0.2) is 132 Å². The summed E-state index contributed by atoms with van der Waals surface area (Å²) in [6.07, 6.45) is -7.79. The monoisotopic (exact) mass is 901 g/mol. The van der Waals surface area contributed by atoms with Gasteiger partial charge < -0.3 is 56.2 Å². The number of anilines is 1. The van der Waals surface area contributed by atoms with E-state index in [1.807, 2.05) is 0 Å². The lowest BCUT2D eigenvalue weighted by Crippen LogP contribution is -2.57. The molecule has 2 aromatic heterocycles. The Kier molecular flexibility index (Phi) is 16.8. The molecule has 1 aliphatic rings. The minimum Gasteiger partial charge on any atom is -0.386 e. The number of carbonyl (C=O) groups is 3. The first-order valence-electron chi connectivity index (χ1n) is 16.1. The summed E-state index contributed by atoms with van der Waals surface area (Å²) >= 11 is 1.04. The topological polar surface area (TPSA) is 423 Å². The number of carbonyl (C=O) groups excluding carboxylic acids is 3. The Hall–Kier alpha value is -2.60. The van der Waals surface area contributed by atoms with Crippen LogP contribution >= 0.6 is 35.2 Å². The summed E-state index contributed by atoms with van der Waals surface area (Å²) in [5, 5.41) is 46.6. The molecule has 1 aliphatic heterocycles. The fourth-order valence-corrected chi connectivity index (χ4v) is 7.01.